The van der Waals surface area contributed by atoms with E-state index in [1.807, 2.05) is 105 Å². The quantitative estimate of drug-likeness (QED) is 0.104. The maximum atomic E-state index is 13.4. The van der Waals surface area contributed by atoms with Crippen molar-refractivity contribution in [1.82, 2.24) is 10.6 Å². The number of hydrogen-bond acceptors (Lipinski definition) is 7. The van der Waals surface area contributed by atoms with E-state index in [4.69, 9.17) is 16.2 Å². The van der Waals surface area contributed by atoms with Crippen LogP contribution in [0.15, 0.2) is 91.0 Å². The zero-order valence-electron chi connectivity index (χ0n) is 31.2. The van der Waals surface area contributed by atoms with Crippen molar-refractivity contribution < 1.29 is 34.1 Å². The molecular formula is C41H58N4O7. The SMILES string of the molecule is CC(C)C[C@@H](NC(=O)C(CCCc1ccccc1)C[C@H](O)[C@H](Cc1ccccc1)NC(=O)OC(C)(C)C)C(=O)O.NC(=O)C(N)Cc1ccccc1. The molecule has 0 aliphatic heterocycles. The Labute approximate surface area is 308 Å². The summed E-state index contributed by atoms with van der Waals surface area (Å²) < 4.78 is 5.43. The summed E-state index contributed by atoms with van der Waals surface area (Å²) in [5, 5.41) is 26.6. The summed E-state index contributed by atoms with van der Waals surface area (Å²) in [7, 11) is 0. The van der Waals surface area contributed by atoms with Gasteiger partial charge < -0.3 is 37.1 Å². The maximum Gasteiger partial charge on any atom is 0.407 e. The number of aliphatic hydroxyl groups is 1. The number of carboxylic acids is 1. The molecule has 3 amide bonds. The van der Waals surface area contributed by atoms with Crippen molar-refractivity contribution in [2.45, 2.75) is 109 Å². The first-order valence-electron chi connectivity index (χ1n) is 17.9. The number of carboxylic acid groups (broad SMARTS) is 1. The molecule has 0 aliphatic carbocycles. The Bertz CT molecular complexity index is 1500. The average Bonchev–Trinajstić information content (AvgIpc) is 3.07. The number of aliphatic carboxylic acids is 1. The summed E-state index contributed by atoms with van der Waals surface area (Å²) in [6.07, 6.45) is 1.36. The third-order valence-corrected chi connectivity index (χ3v) is 8.21. The van der Waals surface area contributed by atoms with Crippen molar-refractivity contribution in [3.05, 3.63) is 108 Å². The monoisotopic (exact) mass is 718 g/mol. The van der Waals surface area contributed by atoms with E-state index < -0.39 is 59.6 Å². The van der Waals surface area contributed by atoms with Crippen molar-refractivity contribution in [1.29, 1.82) is 0 Å². The molecule has 0 fully saturated rings. The molecule has 5 atom stereocenters. The Hall–Kier alpha value is -4.74. The zero-order chi connectivity index (χ0) is 38.7. The van der Waals surface area contributed by atoms with Crippen LogP contribution in [0.3, 0.4) is 0 Å². The van der Waals surface area contributed by atoms with Gasteiger partial charge in [-0.15, -0.1) is 0 Å². The third-order valence-electron chi connectivity index (χ3n) is 8.21. The second-order valence-corrected chi connectivity index (χ2v) is 14.5. The van der Waals surface area contributed by atoms with Crippen LogP contribution in [0, 0.1) is 11.8 Å². The van der Waals surface area contributed by atoms with Gasteiger partial charge in [0.25, 0.3) is 0 Å². The smallest absolute Gasteiger partial charge is 0.407 e. The number of ether oxygens (including phenoxy) is 1. The van der Waals surface area contributed by atoms with E-state index in [1.54, 1.807) is 20.8 Å². The fraction of sp³-hybridized carbons (Fsp3) is 0.463. The normalized spacial score (nSPS) is 14.1. The van der Waals surface area contributed by atoms with Gasteiger partial charge in [0.2, 0.25) is 11.8 Å². The number of alkyl carbamates (subject to hydrolysis) is 1. The third kappa shape index (κ3) is 18.0. The number of rotatable bonds is 18. The van der Waals surface area contributed by atoms with Gasteiger partial charge in [-0.1, -0.05) is 105 Å². The number of benzene rings is 3. The summed E-state index contributed by atoms with van der Waals surface area (Å²) in [6.45, 7) is 9.09. The van der Waals surface area contributed by atoms with Crippen molar-refractivity contribution in [2.75, 3.05) is 0 Å². The molecule has 3 aromatic rings. The fourth-order valence-electron chi connectivity index (χ4n) is 5.57. The van der Waals surface area contributed by atoms with E-state index in [-0.39, 0.29) is 12.3 Å². The Morgan fingerprint density at radius 1 is 0.769 bits per heavy atom. The number of primary amides is 1. The number of aryl methyl sites for hydroxylation is 1. The molecule has 2 unspecified atom stereocenters. The second-order valence-electron chi connectivity index (χ2n) is 14.5. The number of nitrogens with two attached hydrogens (primary N) is 2. The number of hydrogen-bond donors (Lipinski definition) is 6. The number of carbonyl (C=O) groups excluding carboxylic acids is 3. The van der Waals surface area contributed by atoms with Crippen LogP contribution in [-0.4, -0.2) is 63.9 Å². The van der Waals surface area contributed by atoms with Gasteiger partial charge in [-0.25, -0.2) is 9.59 Å². The standard InChI is InChI=1S/C32H46N2O6.C9H12N2O/c1-22(2)19-27(30(37)38)33-29(36)25(18-12-17-23-13-8-6-9-14-23)21-28(35)26(20-24-15-10-7-11-16-24)34-31(39)40-32(3,4)5;10-8(9(11)12)6-7-4-2-1-3-5-7/h6-11,13-16,22,25-28,35H,12,17-21H2,1-5H3,(H,33,36)(H,34,39)(H,37,38);1-5,8H,6,10H2,(H2,11,12)/t25?,26-,27+,28-;/m0./s1. The first kappa shape index (κ1) is 43.4. The van der Waals surface area contributed by atoms with E-state index in [2.05, 4.69) is 10.6 Å². The number of aliphatic hydroxyl groups excluding tert-OH is 1. The highest BCUT2D eigenvalue weighted by molar-refractivity contribution is 5.85. The van der Waals surface area contributed by atoms with Crippen LogP contribution < -0.4 is 22.1 Å². The van der Waals surface area contributed by atoms with Crippen LogP contribution in [-0.2, 0) is 38.4 Å². The average molecular weight is 719 g/mol. The van der Waals surface area contributed by atoms with Gasteiger partial charge in [0, 0.05) is 5.92 Å². The van der Waals surface area contributed by atoms with Crippen LogP contribution in [0.4, 0.5) is 4.79 Å². The molecule has 3 rings (SSSR count). The summed E-state index contributed by atoms with van der Waals surface area (Å²) in [5.41, 5.74) is 12.9. The highest BCUT2D eigenvalue weighted by Crippen LogP contribution is 2.21. The topological polar surface area (TPSA) is 194 Å². The van der Waals surface area contributed by atoms with Crippen molar-refractivity contribution in [3.8, 4) is 0 Å². The van der Waals surface area contributed by atoms with Gasteiger partial charge in [-0.05, 0) is 88.3 Å². The first-order valence-corrected chi connectivity index (χ1v) is 17.9. The minimum Gasteiger partial charge on any atom is -0.480 e. The van der Waals surface area contributed by atoms with Gasteiger partial charge >= 0.3 is 12.1 Å². The van der Waals surface area contributed by atoms with Gasteiger partial charge in [-0.3, -0.25) is 9.59 Å². The van der Waals surface area contributed by atoms with Gasteiger partial charge in [0.15, 0.2) is 0 Å². The summed E-state index contributed by atoms with van der Waals surface area (Å²) >= 11 is 0. The number of nitrogens with one attached hydrogen (secondary N) is 2. The molecule has 8 N–H and O–H groups in total. The van der Waals surface area contributed by atoms with E-state index in [0.29, 0.717) is 32.1 Å². The predicted molar refractivity (Wildman–Crippen MR) is 203 cm³/mol. The Kier molecular flexibility index (Phi) is 18.6. The molecule has 0 aromatic heterocycles. The highest BCUT2D eigenvalue weighted by atomic mass is 16.6. The van der Waals surface area contributed by atoms with Gasteiger partial charge in [0.05, 0.1) is 18.2 Å². The zero-order valence-corrected chi connectivity index (χ0v) is 31.2. The lowest BCUT2D eigenvalue weighted by molar-refractivity contribution is -0.143. The molecule has 284 valence electrons. The molecule has 52 heavy (non-hydrogen) atoms. The Morgan fingerprint density at radius 3 is 1.73 bits per heavy atom. The molecule has 3 aromatic carbocycles. The molecule has 0 bridgehead atoms. The molecule has 11 heteroatoms. The van der Waals surface area contributed by atoms with Crippen molar-refractivity contribution in [2.24, 2.45) is 23.3 Å². The first-order chi connectivity index (χ1) is 24.5. The van der Waals surface area contributed by atoms with Gasteiger partial charge in [-0.2, -0.15) is 0 Å². The second kappa shape index (κ2) is 22.3. The van der Waals surface area contributed by atoms with Crippen LogP contribution in [0.1, 0.15) is 77.0 Å². The number of amides is 3. The Balaban J connectivity index is 0.000000657. The van der Waals surface area contributed by atoms with E-state index in [1.165, 1.54) is 0 Å². The molecule has 0 spiro atoms. The van der Waals surface area contributed by atoms with E-state index in [9.17, 15) is 29.4 Å². The van der Waals surface area contributed by atoms with E-state index in [0.717, 1.165) is 23.1 Å². The van der Waals surface area contributed by atoms with Crippen LogP contribution in [0.2, 0.25) is 0 Å². The maximum absolute atomic E-state index is 13.4. The van der Waals surface area contributed by atoms with Crippen molar-refractivity contribution in [3.63, 3.8) is 0 Å². The van der Waals surface area contributed by atoms with Gasteiger partial charge in [0.1, 0.15) is 11.6 Å². The largest absolute Gasteiger partial charge is 0.480 e. The minimum atomic E-state index is -1.08. The predicted octanol–water partition coefficient (Wildman–Crippen LogP) is 5.17. The van der Waals surface area contributed by atoms with Crippen molar-refractivity contribution >= 4 is 23.9 Å². The molecule has 0 aliphatic rings. The molecular weight excluding hydrogens is 660 g/mol. The van der Waals surface area contributed by atoms with Crippen LogP contribution in [0.25, 0.3) is 0 Å². The lowest BCUT2D eigenvalue weighted by atomic mass is 9.88. The lowest BCUT2D eigenvalue weighted by Crippen LogP contribution is -2.49. The lowest BCUT2D eigenvalue weighted by Gasteiger charge is -2.29. The van der Waals surface area contributed by atoms with Crippen LogP contribution in [0.5, 0.6) is 0 Å². The molecule has 0 heterocycles. The summed E-state index contributed by atoms with van der Waals surface area (Å²) in [5.74, 6) is -2.52. The summed E-state index contributed by atoms with van der Waals surface area (Å²) in [6, 6.07) is 26.6. The molecule has 0 saturated heterocycles. The summed E-state index contributed by atoms with van der Waals surface area (Å²) in [4.78, 5) is 48.5. The fourth-order valence-corrected chi connectivity index (χ4v) is 5.57. The minimum absolute atomic E-state index is 0.0575. The molecule has 11 nitrogen and oxygen atoms in total. The highest BCUT2D eigenvalue weighted by Gasteiger charge is 2.31. The number of carbonyl (C=O) groups is 4. The van der Waals surface area contributed by atoms with Crippen LogP contribution >= 0.6 is 0 Å². The van der Waals surface area contributed by atoms with E-state index >= 15 is 0 Å². The molecule has 0 saturated carbocycles. The Morgan fingerprint density at radius 2 is 1.27 bits per heavy atom. The molecule has 0 radical (unpaired) electrons.